The van der Waals surface area contributed by atoms with Gasteiger partial charge in [-0.2, -0.15) is 4.98 Å². The smallest absolute Gasteiger partial charge is 0.248 e. The molecule has 0 atom stereocenters. The van der Waals surface area contributed by atoms with Crippen LogP contribution in [0.3, 0.4) is 0 Å². The summed E-state index contributed by atoms with van der Waals surface area (Å²) in [4.78, 5) is 8.35. The molecule has 128 valence electrons. The number of hydrogen-bond acceptors (Lipinski definition) is 5. The van der Waals surface area contributed by atoms with Gasteiger partial charge < -0.3 is 15.8 Å². The molecule has 0 aliphatic carbocycles. The van der Waals surface area contributed by atoms with Gasteiger partial charge in [0, 0.05) is 6.54 Å². The molecule has 3 rings (SSSR count). The van der Waals surface area contributed by atoms with Crippen LogP contribution in [0.5, 0.6) is 11.6 Å². The number of aromatic nitrogens is 2. The van der Waals surface area contributed by atoms with E-state index in [0.29, 0.717) is 35.6 Å². The SMILES string of the molecule is CC(C)c1ccc(Oc2ncnc(NCc3ccccc3)c2N)cc1. The van der Waals surface area contributed by atoms with Crippen molar-refractivity contribution in [3.8, 4) is 11.6 Å². The molecule has 0 unspecified atom stereocenters. The van der Waals surface area contributed by atoms with Crippen molar-refractivity contribution in [2.24, 2.45) is 0 Å². The van der Waals surface area contributed by atoms with E-state index in [2.05, 4.69) is 29.1 Å². The van der Waals surface area contributed by atoms with Crippen molar-refractivity contribution in [1.29, 1.82) is 0 Å². The number of benzene rings is 2. The molecule has 0 amide bonds. The Morgan fingerprint density at radius 3 is 2.40 bits per heavy atom. The van der Waals surface area contributed by atoms with Crippen LogP contribution in [0, 0.1) is 0 Å². The third-order valence-electron chi connectivity index (χ3n) is 3.91. The topological polar surface area (TPSA) is 73.1 Å². The Balaban J connectivity index is 1.72. The fourth-order valence-corrected chi connectivity index (χ4v) is 2.42. The second-order valence-corrected chi connectivity index (χ2v) is 6.11. The van der Waals surface area contributed by atoms with Crippen LogP contribution in [0.4, 0.5) is 11.5 Å². The van der Waals surface area contributed by atoms with Gasteiger partial charge in [0.25, 0.3) is 0 Å². The molecule has 0 saturated carbocycles. The van der Waals surface area contributed by atoms with Crippen LogP contribution >= 0.6 is 0 Å². The highest BCUT2D eigenvalue weighted by Gasteiger charge is 2.10. The van der Waals surface area contributed by atoms with Crippen molar-refractivity contribution in [3.63, 3.8) is 0 Å². The Morgan fingerprint density at radius 2 is 1.72 bits per heavy atom. The summed E-state index contributed by atoms with van der Waals surface area (Å²) < 4.78 is 5.82. The molecule has 0 saturated heterocycles. The molecule has 1 aromatic heterocycles. The molecule has 2 aromatic carbocycles. The first kappa shape index (κ1) is 16.8. The predicted molar refractivity (Wildman–Crippen MR) is 101 cm³/mol. The normalized spacial score (nSPS) is 10.7. The maximum Gasteiger partial charge on any atom is 0.248 e. The van der Waals surface area contributed by atoms with Crippen molar-refractivity contribution < 1.29 is 4.74 Å². The zero-order valence-corrected chi connectivity index (χ0v) is 14.4. The molecule has 5 heteroatoms. The van der Waals surface area contributed by atoms with Gasteiger partial charge in [0.15, 0.2) is 5.82 Å². The van der Waals surface area contributed by atoms with Crippen LogP contribution in [-0.2, 0) is 6.54 Å². The van der Waals surface area contributed by atoms with Crippen molar-refractivity contribution in [2.45, 2.75) is 26.3 Å². The standard InChI is InChI=1S/C20H22N4O/c1-14(2)16-8-10-17(11-9-16)25-20-18(21)19(23-13-24-20)22-12-15-6-4-3-5-7-15/h3-11,13-14H,12,21H2,1-2H3,(H,22,23,24). The zero-order chi connectivity index (χ0) is 17.6. The number of nitrogen functional groups attached to an aromatic ring is 1. The Morgan fingerprint density at radius 1 is 1.00 bits per heavy atom. The molecular formula is C20H22N4O. The van der Waals surface area contributed by atoms with Crippen molar-refractivity contribution >= 4 is 11.5 Å². The highest BCUT2D eigenvalue weighted by atomic mass is 16.5. The molecule has 0 radical (unpaired) electrons. The minimum atomic E-state index is 0.350. The van der Waals surface area contributed by atoms with Gasteiger partial charge in [-0.3, -0.25) is 0 Å². The van der Waals surface area contributed by atoms with Gasteiger partial charge in [-0.1, -0.05) is 56.3 Å². The quantitative estimate of drug-likeness (QED) is 0.690. The summed E-state index contributed by atoms with van der Waals surface area (Å²) in [6.45, 7) is 4.94. The van der Waals surface area contributed by atoms with Crippen LogP contribution in [0.2, 0.25) is 0 Å². The highest BCUT2D eigenvalue weighted by molar-refractivity contribution is 5.67. The second kappa shape index (κ2) is 7.66. The van der Waals surface area contributed by atoms with E-state index in [9.17, 15) is 0 Å². The summed E-state index contributed by atoms with van der Waals surface area (Å²) >= 11 is 0. The highest BCUT2D eigenvalue weighted by Crippen LogP contribution is 2.30. The number of hydrogen-bond donors (Lipinski definition) is 2. The van der Waals surface area contributed by atoms with Crippen molar-refractivity contribution in [1.82, 2.24) is 9.97 Å². The first-order valence-electron chi connectivity index (χ1n) is 8.29. The number of nitrogens with two attached hydrogens (primary N) is 1. The Bertz CT molecular complexity index is 817. The second-order valence-electron chi connectivity index (χ2n) is 6.11. The monoisotopic (exact) mass is 334 g/mol. The van der Waals surface area contributed by atoms with E-state index in [0.717, 1.165) is 5.56 Å². The fourth-order valence-electron chi connectivity index (χ4n) is 2.42. The number of nitrogens with zero attached hydrogens (tertiary/aromatic N) is 2. The minimum Gasteiger partial charge on any atom is -0.437 e. The molecule has 0 spiro atoms. The van der Waals surface area contributed by atoms with Gasteiger partial charge in [-0.15, -0.1) is 0 Å². The molecule has 25 heavy (non-hydrogen) atoms. The lowest BCUT2D eigenvalue weighted by Gasteiger charge is -2.12. The van der Waals surface area contributed by atoms with E-state index in [4.69, 9.17) is 10.5 Å². The lowest BCUT2D eigenvalue weighted by Crippen LogP contribution is -2.06. The minimum absolute atomic E-state index is 0.350. The number of anilines is 2. The maximum absolute atomic E-state index is 6.16. The maximum atomic E-state index is 6.16. The summed E-state index contributed by atoms with van der Waals surface area (Å²) in [6.07, 6.45) is 1.45. The van der Waals surface area contributed by atoms with Crippen LogP contribution in [0.15, 0.2) is 60.9 Å². The average Bonchev–Trinajstić information content (AvgIpc) is 2.64. The summed E-state index contributed by atoms with van der Waals surface area (Å²) in [6, 6.07) is 18.0. The van der Waals surface area contributed by atoms with Gasteiger partial charge in [0.1, 0.15) is 17.8 Å². The number of ether oxygens (including phenoxy) is 1. The van der Waals surface area contributed by atoms with E-state index in [1.807, 2.05) is 54.6 Å². The van der Waals surface area contributed by atoms with E-state index in [1.165, 1.54) is 11.9 Å². The molecule has 3 aromatic rings. The van der Waals surface area contributed by atoms with E-state index < -0.39 is 0 Å². The summed E-state index contributed by atoms with van der Waals surface area (Å²) in [7, 11) is 0. The average molecular weight is 334 g/mol. The number of nitrogens with one attached hydrogen (secondary N) is 1. The van der Waals surface area contributed by atoms with Gasteiger partial charge in [0.05, 0.1) is 0 Å². The summed E-state index contributed by atoms with van der Waals surface area (Å²) in [5.74, 6) is 2.09. The predicted octanol–water partition coefficient (Wildman–Crippen LogP) is 4.59. The van der Waals surface area contributed by atoms with E-state index in [1.54, 1.807) is 0 Å². The zero-order valence-electron chi connectivity index (χ0n) is 14.4. The molecule has 0 aliphatic heterocycles. The van der Waals surface area contributed by atoms with Gasteiger partial charge in [-0.25, -0.2) is 4.98 Å². The largest absolute Gasteiger partial charge is 0.437 e. The number of rotatable bonds is 6. The third-order valence-corrected chi connectivity index (χ3v) is 3.91. The fraction of sp³-hybridized carbons (Fsp3) is 0.200. The molecule has 0 bridgehead atoms. The molecule has 0 aliphatic rings. The van der Waals surface area contributed by atoms with Crippen LogP contribution in [0.25, 0.3) is 0 Å². The Kier molecular flexibility index (Phi) is 5.14. The molecule has 3 N–H and O–H groups in total. The first-order valence-corrected chi connectivity index (χ1v) is 8.29. The summed E-state index contributed by atoms with van der Waals surface area (Å²) in [5.41, 5.74) is 8.96. The Hall–Kier alpha value is -3.08. The van der Waals surface area contributed by atoms with Gasteiger partial charge >= 0.3 is 0 Å². The first-order chi connectivity index (χ1) is 12.1. The molecule has 5 nitrogen and oxygen atoms in total. The van der Waals surface area contributed by atoms with Gasteiger partial charge in [0.2, 0.25) is 5.88 Å². The van der Waals surface area contributed by atoms with Crippen molar-refractivity contribution in [3.05, 3.63) is 72.1 Å². The van der Waals surface area contributed by atoms with Crippen LogP contribution < -0.4 is 15.8 Å². The summed E-state index contributed by atoms with van der Waals surface area (Å²) in [5, 5.41) is 3.22. The Labute approximate surface area is 147 Å². The lowest BCUT2D eigenvalue weighted by atomic mass is 10.0. The molecular weight excluding hydrogens is 312 g/mol. The van der Waals surface area contributed by atoms with Gasteiger partial charge in [-0.05, 0) is 29.2 Å². The third kappa shape index (κ3) is 4.26. The van der Waals surface area contributed by atoms with Crippen molar-refractivity contribution in [2.75, 3.05) is 11.1 Å². The lowest BCUT2D eigenvalue weighted by molar-refractivity contribution is 0.464. The van der Waals surface area contributed by atoms with E-state index in [-0.39, 0.29) is 0 Å². The molecule has 0 fully saturated rings. The van der Waals surface area contributed by atoms with Crippen LogP contribution in [0.1, 0.15) is 30.9 Å². The van der Waals surface area contributed by atoms with E-state index >= 15 is 0 Å². The van der Waals surface area contributed by atoms with Crippen LogP contribution in [-0.4, -0.2) is 9.97 Å². The molecule has 1 heterocycles.